The highest BCUT2D eigenvalue weighted by Crippen LogP contribution is 2.34. The Morgan fingerprint density at radius 2 is 1.88 bits per heavy atom. The summed E-state index contributed by atoms with van der Waals surface area (Å²) in [5.74, 6) is 0.682. The number of aryl methyl sites for hydroxylation is 1. The fourth-order valence-electron chi connectivity index (χ4n) is 4.32. The van der Waals surface area contributed by atoms with Crippen LogP contribution in [0.5, 0.6) is 5.75 Å². The molecule has 0 spiro atoms. The molecule has 7 nitrogen and oxygen atoms in total. The predicted octanol–water partition coefficient (Wildman–Crippen LogP) is 3.55. The van der Waals surface area contributed by atoms with Crippen molar-refractivity contribution in [1.29, 1.82) is 0 Å². The lowest BCUT2D eigenvalue weighted by Crippen LogP contribution is -2.43. The van der Waals surface area contributed by atoms with Crippen LogP contribution in [0.25, 0.3) is 10.9 Å². The van der Waals surface area contributed by atoms with Crippen LogP contribution in [0.4, 0.5) is 5.69 Å². The van der Waals surface area contributed by atoms with Crippen LogP contribution in [0, 0.1) is 0 Å². The van der Waals surface area contributed by atoms with E-state index in [9.17, 15) is 8.42 Å². The lowest BCUT2D eigenvalue weighted by molar-refractivity contribution is 0.400. The normalized spacial score (nSPS) is 14.9. The molecule has 0 amide bonds. The number of nitrogens with one attached hydrogen (secondary N) is 1. The van der Waals surface area contributed by atoms with Gasteiger partial charge in [0.15, 0.2) is 0 Å². The lowest BCUT2D eigenvalue weighted by atomic mass is 10.1. The fourth-order valence-corrected chi connectivity index (χ4v) is 6.09. The van der Waals surface area contributed by atoms with Crippen LogP contribution in [0.2, 0.25) is 0 Å². The van der Waals surface area contributed by atoms with Crippen LogP contribution in [0.1, 0.15) is 12.0 Å². The van der Waals surface area contributed by atoms with E-state index in [2.05, 4.69) is 31.0 Å². The molecule has 33 heavy (non-hydrogen) atoms. The molecule has 0 radical (unpaired) electrons. The molecule has 0 aliphatic carbocycles. The molecule has 1 aliphatic rings. The van der Waals surface area contributed by atoms with E-state index in [1.807, 2.05) is 32.3 Å². The van der Waals surface area contributed by atoms with Gasteiger partial charge >= 0.3 is 0 Å². The summed E-state index contributed by atoms with van der Waals surface area (Å²) in [6, 6.07) is 10.9. The maximum atomic E-state index is 13.8. The van der Waals surface area contributed by atoms with Gasteiger partial charge in [0.05, 0.1) is 23.2 Å². The minimum absolute atomic E-state index is 0.261. The summed E-state index contributed by atoms with van der Waals surface area (Å²) in [5, 5.41) is 4.29. The molecule has 2 aromatic carbocycles. The third kappa shape index (κ3) is 5.06. The van der Waals surface area contributed by atoms with Crippen LogP contribution >= 0.6 is 15.9 Å². The topological polar surface area (TPSA) is 66.8 Å². The number of anilines is 1. The molecule has 3 aromatic rings. The highest BCUT2D eigenvalue weighted by atomic mass is 79.9. The van der Waals surface area contributed by atoms with Crippen molar-refractivity contribution >= 4 is 42.5 Å². The number of hydrogen-bond acceptors (Lipinski definition) is 6. The average Bonchev–Trinajstić information content (AvgIpc) is 3.17. The van der Waals surface area contributed by atoms with Crippen molar-refractivity contribution in [2.24, 2.45) is 0 Å². The van der Waals surface area contributed by atoms with Crippen molar-refractivity contribution in [3.63, 3.8) is 0 Å². The first-order valence-corrected chi connectivity index (χ1v) is 13.4. The van der Waals surface area contributed by atoms with Gasteiger partial charge in [-0.1, -0.05) is 15.9 Å². The molecule has 178 valence electrons. The van der Waals surface area contributed by atoms with Gasteiger partial charge in [0, 0.05) is 42.2 Å². The second-order valence-corrected chi connectivity index (χ2v) is 11.3. The molecule has 4 rings (SSSR count). The molecule has 1 fully saturated rings. The van der Waals surface area contributed by atoms with Gasteiger partial charge in [0.1, 0.15) is 5.75 Å². The smallest absolute Gasteiger partial charge is 0.268 e. The Bertz CT molecular complexity index is 1230. The van der Waals surface area contributed by atoms with Crippen molar-refractivity contribution in [2.45, 2.75) is 17.7 Å². The van der Waals surface area contributed by atoms with Gasteiger partial charge in [0.2, 0.25) is 0 Å². The molecule has 0 atom stereocenters. The van der Waals surface area contributed by atoms with Crippen molar-refractivity contribution in [2.75, 3.05) is 58.8 Å². The number of nitrogens with zero attached hydrogens (tertiary/aromatic N) is 3. The van der Waals surface area contributed by atoms with E-state index in [0.717, 1.165) is 66.7 Å². The highest BCUT2D eigenvalue weighted by Gasteiger charge is 2.24. The van der Waals surface area contributed by atoms with Crippen LogP contribution in [0.3, 0.4) is 0 Å². The third-order valence-electron chi connectivity index (χ3n) is 6.03. The number of methoxy groups -OCH3 is 1. The first-order valence-electron chi connectivity index (χ1n) is 11.1. The number of halogens is 1. The van der Waals surface area contributed by atoms with Crippen LogP contribution in [0.15, 0.2) is 52.0 Å². The molecule has 0 bridgehead atoms. The largest absolute Gasteiger partial charge is 0.495 e. The number of hydrogen-bond donors (Lipinski definition) is 1. The minimum atomic E-state index is -3.79. The highest BCUT2D eigenvalue weighted by molar-refractivity contribution is 9.10. The Morgan fingerprint density at radius 1 is 1.12 bits per heavy atom. The first-order chi connectivity index (χ1) is 15.8. The van der Waals surface area contributed by atoms with E-state index in [0.29, 0.717) is 11.3 Å². The zero-order valence-electron chi connectivity index (χ0n) is 19.3. The number of aromatic nitrogens is 1. The molecular formula is C24H31BrN4O3S. The molecule has 1 N–H and O–H groups in total. The van der Waals surface area contributed by atoms with Crippen molar-refractivity contribution in [3.05, 3.63) is 52.6 Å². The van der Waals surface area contributed by atoms with Gasteiger partial charge in [-0.25, -0.2) is 12.4 Å². The van der Waals surface area contributed by atoms with E-state index < -0.39 is 10.0 Å². The third-order valence-corrected chi connectivity index (χ3v) is 8.19. The standard InChI is InChI=1S/C24H31BrN4O3S/c1-27(2)12-4-5-18-17-29(22-8-6-19(25)15-21(18)22)33(30,31)20-7-9-24(32-3)23(16-20)28-13-10-26-11-14-28/h6-9,15-17,26H,4-5,10-14H2,1-3H3. The zero-order chi connectivity index (χ0) is 23.6. The number of ether oxygens (including phenoxy) is 1. The quantitative estimate of drug-likeness (QED) is 0.476. The van der Waals surface area contributed by atoms with E-state index in [4.69, 9.17) is 4.74 Å². The lowest BCUT2D eigenvalue weighted by Gasteiger charge is -2.30. The molecule has 1 aliphatic heterocycles. The monoisotopic (exact) mass is 534 g/mol. The fraction of sp³-hybridized carbons (Fsp3) is 0.417. The van der Waals surface area contributed by atoms with Crippen LogP contribution < -0.4 is 15.0 Å². The van der Waals surface area contributed by atoms with Gasteiger partial charge in [-0.2, -0.15) is 0 Å². The minimum Gasteiger partial charge on any atom is -0.495 e. The molecular weight excluding hydrogens is 504 g/mol. The molecule has 1 saturated heterocycles. The Hall–Kier alpha value is -2.07. The van der Waals surface area contributed by atoms with Crippen molar-refractivity contribution in [1.82, 2.24) is 14.2 Å². The predicted molar refractivity (Wildman–Crippen MR) is 137 cm³/mol. The maximum Gasteiger partial charge on any atom is 0.268 e. The Kier molecular flexibility index (Phi) is 7.33. The SMILES string of the molecule is COc1ccc(S(=O)(=O)n2cc(CCCN(C)C)c3cc(Br)ccc32)cc1N1CCNCC1. The number of piperazine rings is 1. The number of benzene rings is 2. The van der Waals surface area contributed by atoms with Gasteiger partial charge < -0.3 is 19.9 Å². The van der Waals surface area contributed by atoms with Gasteiger partial charge in [-0.3, -0.25) is 0 Å². The molecule has 1 aromatic heterocycles. The summed E-state index contributed by atoms with van der Waals surface area (Å²) in [6.07, 6.45) is 3.55. The Balaban J connectivity index is 1.77. The second kappa shape index (κ2) is 10.0. The summed E-state index contributed by atoms with van der Waals surface area (Å²) in [7, 11) is 1.92. The molecule has 0 unspecified atom stereocenters. The van der Waals surface area contributed by atoms with Crippen LogP contribution in [-0.2, 0) is 16.4 Å². The first kappa shape index (κ1) is 24.1. The van der Waals surface area contributed by atoms with E-state index >= 15 is 0 Å². The summed E-state index contributed by atoms with van der Waals surface area (Å²) in [5.41, 5.74) is 2.54. The summed E-state index contributed by atoms with van der Waals surface area (Å²) >= 11 is 3.54. The average molecular weight is 536 g/mol. The Morgan fingerprint density at radius 3 is 2.58 bits per heavy atom. The maximum absolute atomic E-state index is 13.8. The molecule has 2 heterocycles. The van der Waals surface area contributed by atoms with E-state index in [-0.39, 0.29) is 4.90 Å². The zero-order valence-corrected chi connectivity index (χ0v) is 21.7. The summed E-state index contributed by atoms with van der Waals surface area (Å²) < 4.78 is 35.6. The van der Waals surface area contributed by atoms with Gasteiger partial charge in [0.25, 0.3) is 10.0 Å². The number of rotatable bonds is 8. The van der Waals surface area contributed by atoms with Crippen LogP contribution in [-0.4, -0.2) is 71.2 Å². The van der Waals surface area contributed by atoms with E-state index in [1.165, 1.54) is 3.97 Å². The Labute approximate surface area is 204 Å². The molecule has 0 saturated carbocycles. The van der Waals surface area contributed by atoms with Crippen molar-refractivity contribution < 1.29 is 13.2 Å². The summed E-state index contributed by atoms with van der Waals surface area (Å²) in [4.78, 5) is 4.57. The van der Waals surface area contributed by atoms with Crippen molar-refractivity contribution in [3.8, 4) is 5.75 Å². The van der Waals surface area contributed by atoms with Gasteiger partial charge in [-0.05, 0) is 75.4 Å². The molecule has 9 heteroatoms. The number of fused-ring (bicyclic) bond motifs is 1. The summed E-state index contributed by atoms with van der Waals surface area (Å²) in [6.45, 7) is 4.26. The second-order valence-electron chi connectivity index (χ2n) is 8.59. The van der Waals surface area contributed by atoms with E-state index in [1.54, 1.807) is 31.5 Å². The van der Waals surface area contributed by atoms with Gasteiger partial charge in [-0.15, -0.1) is 0 Å².